The Kier molecular flexibility index (Phi) is 7.30. The molecular formula is C26H24F4O3. The van der Waals surface area contributed by atoms with E-state index in [1.165, 1.54) is 12.1 Å². The summed E-state index contributed by atoms with van der Waals surface area (Å²) in [6.45, 7) is 2.09. The molecule has 3 nitrogen and oxygen atoms in total. The third-order valence-corrected chi connectivity index (χ3v) is 5.66. The topological polar surface area (TPSA) is 27.7 Å². The zero-order valence-electron chi connectivity index (χ0n) is 18.1. The molecule has 1 fully saturated rings. The van der Waals surface area contributed by atoms with Crippen LogP contribution in [-0.2, 0) is 9.47 Å². The molecule has 0 saturated carbocycles. The lowest BCUT2D eigenvalue weighted by molar-refractivity contribution is -0.206. The molecule has 3 aromatic rings. The third-order valence-electron chi connectivity index (χ3n) is 5.66. The molecule has 0 unspecified atom stereocenters. The van der Waals surface area contributed by atoms with Crippen LogP contribution in [0.4, 0.5) is 17.6 Å². The summed E-state index contributed by atoms with van der Waals surface area (Å²) in [5.74, 6) is -3.26. The van der Waals surface area contributed by atoms with Crippen molar-refractivity contribution in [2.24, 2.45) is 5.92 Å². The Morgan fingerprint density at radius 1 is 0.818 bits per heavy atom. The fourth-order valence-corrected chi connectivity index (χ4v) is 3.98. The molecule has 0 bridgehead atoms. The van der Waals surface area contributed by atoms with Gasteiger partial charge in [0.25, 0.3) is 0 Å². The second kappa shape index (κ2) is 10.4. The maximum atomic E-state index is 14.8. The zero-order valence-corrected chi connectivity index (χ0v) is 18.1. The molecule has 0 spiro atoms. The van der Waals surface area contributed by atoms with Crippen molar-refractivity contribution in [1.82, 2.24) is 0 Å². The first-order valence-corrected chi connectivity index (χ1v) is 10.8. The summed E-state index contributed by atoms with van der Waals surface area (Å²) < 4.78 is 71.1. The van der Waals surface area contributed by atoms with E-state index in [4.69, 9.17) is 9.47 Å². The lowest BCUT2D eigenvalue weighted by atomic mass is 9.98. The predicted octanol–water partition coefficient (Wildman–Crippen LogP) is 7.21. The SMILES string of the molecule is CCCC1COC(c2ccc(-c3ccc(-c4cc(F)c(OCF)c(F)c4)c(F)c3)cc2)OC1. The molecule has 174 valence electrons. The molecule has 33 heavy (non-hydrogen) atoms. The average Bonchev–Trinajstić information content (AvgIpc) is 2.82. The van der Waals surface area contributed by atoms with E-state index in [1.54, 1.807) is 6.07 Å². The van der Waals surface area contributed by atoms with Crippen LogP contribution in [0.5, 0.6) is 5.75 Å². The van der Waals surface area contributed by atoms with Gasteiger partial charge in [0.1, 0.15) is 5.82 Å². The summed E-state index contributed by atoms with van der Waals surface area (Å²) in [7, 11) is 0. The molecule has 0 N–H and O–H groups in total. The molecule has 1 aliphatic rings. The van der Waals surface area contributed by atoms with Crippen molar-refractivity contribution in [3.05, 3.63) is 77.6 Å². The van der Waals surface area contributed by atoms with Crippen molar-refractivity contribution in [2.45, 2.75) is 26.1 Å². The molecule has 4 rings (SSSR count). The molecule has 0 aliphatic carbocycles. The van der Waals surface area contributed by atoms with Gasteiger partial charge in [-0.25, -0.2) is 17.6 Å². The molecule has 1 heterocycles. The van der Waals surface area contributed by atoms with E-state index in [2.05, 4.69) is 11.7 Å². The van der Waals surface area contributed by atoms with Crippen molar-refractivity contribution in [1.29, 1.82) is 0 Å². The van der Waals surface area contributed by atoms with Crippen LogP contribution in [0, 0.1) is 23.4 Å². The summed E-state index contributed by atoms with van der Waals surface area (Å²) in [6.07, 6.45) is 1.75. The van der Waals surface area contributed by atoms with Crippen LogP contribution >= 0.6 is 0 Å². The van der Waals surface area contributed by atoms with Gasteiger partial charge >= 0.3 is 0 Å². The second-order valence-electron chi connectivity index (χ2n) is 7.99. The van der Waals surface area contributed by atoms with Crippen LogP contribution in [0.2, 0.25) is 0 Å². The first kappa shape index (κ1) is 23.3. The van der Waals surface area contributed by atoms with Crippen molar-refractivity contribution >= 4 is 0 Å². The second-order valence-corrected chi connectivity index (χ2v) is 7.99. The quantitative estimate of drug-likeness (QED) is 0.349. The summed E-state index contributed by atoms with van der Waals surface area (Å²) in [5, 5.41) is 0. The average molecular weight is 460 g/mol. The van der Waals surface area contributed by atoms with Crippen LogP contribution < -0.4 is 4.74 Å². The maximum absolute atomic E-state index is 14.8. The standard InChI is InChI=1S/C26H24F4O3/c1-2-3-16-13-31-26(32-14-16)18-6-4-17(5-7-18)19-8-9-21(22(28)10-19)20-11-23(29)25(33-15-27)24(30)12-20/h4-12,16,26H,2-3,13-15H2,1H3. The molecule has 3 aromatic carbocycles. The Balaban J connectivity index is 1.50. The number of alkyl halides is 1. The Labute approximate surface area is 189 Å². The van der Waals surface area contributed by atoms with E-state index in [1.807, 2.05) is 24.3 Å². The Morgan fingerprint density at radius 2 is 1.42 bits per heavy atom. The first-order valence-electron chi connectivity index (χ1n) is 10.8. The summed E-state index contributed by atoms with van der Waals surface area (Å²) in [4.78, 5) is 0. The van der Waals surface area contributed by atoms with E-state index in [9.17, 15) is 17.6 Å². The first-order chi connectivity index (χ1) is 16.0. The van der Waals surface area contributed by atoms with Gasteiger partial charge in [0.2, 0.25) is 6.86 Å². The van der Waals surface area contributed by atoms with E-state index >= 15 is 0 Å². The number of ether oxygens (including phenoxy) is 3. The number of hydrogen-bond acceptors (Lipinski definition) is 3. The van der Waals surface area contributed by atoms with Crippen LogP contribution in [0.1, 0.15) is 31.6 Å². The number of halogens is 4. The van der Waals surface area contributed by atoms with E-state index in [0.29, 0.717) is 24.7 Å². The minimum Gasteiger partial charge on any atom is -0.457 e. The van der Waals surface area contributed by atoms with Crippen LogP contribution in [0.3, 0.4) is 0 Å². The lowest BCUT2D eigenvalue weighted by Gasteiger charge is -2.29. The highest BCUT2D eigenvalue weighted by Gasteiger charge is 2.23. The normalized spacial score (nSPS) is 18.3. The van der Waals surface area contributed by atoms with Crippen molar-refractivity contribution in [2.75, 3.05) is 20.1 Å². The van der Waals surface area contributed by atoms with E-state index < -0.39 is 36.4 Å². The molecular weight excluding hydrogens is 436 g/mol. The van der Waals surface area contributed by atoms with Crippen molar-refractivity contribution in [3.63, 3.8) is 0 Å². The highest BCUT2D eigenvalue weighted by Crippen LogP contribution is 2.33. The van der Waals surface area contributed by atoms with Crippen molar-refractivity contribution in [3.8, 4) is 28.0 Å². The monoisotopic (exact) mass is 460 g/mol. The summed E-state index contributed by atoms with van der Waals surface area (Å²) >= 11 is 0. The minimum absolute atomic E-state index is 0.0106. The molecule has 1 aliphatic heterocycles. The molecule has 1 saturated heterocycles. The van der Waals surface area contributed by atoms with Gasteiger partial charge in [0, 0.05) is 17.0 Å². The van der Waals surface area contributed by atoms with Gasteiger partial charge in [-0.3, -0.25) is 0 Å². The minimum atomic E-state index is -1.37. The Morgan fingerprint density at radius 3 is 2.00 bits per heavy atom. The highest BCUT2D eigenvalue weighted by molar-refractivity contribution is 5.71. The number of rotatable bonds is 7. The molecule has 7 heteroatoms. The summed E-state index contributed by atoms with van der Waals surface area (Å²) in [5.41, 5.74) is 2.27. The highest BCUT2D eigenvalue weighted by atomic mass is 19.1. The predicted molar refractivity (Wildman–Crippen MR) is 117 cm³/mol. The van der Waals surface area contributed by atoms with Crippen LogP contribution in [0.25, 0.3) is 22.3 Å². The van der Waals surface area contributed by atoms with Gasteiger partial charge in [0.05, 0.1) is 13.2 Å². The largest absolute Gasteiger partial charge is 0.457 e. The van der Waals surface area contributed by atoms with Gasteiger partial charge in [-0.05, 0) is 41.3 Å². The molecule has 0 radical (unpaired) electrons. The van der Waals surface area contributed by atoms with Gasteiger partial charge < -0.3 is 14.2 Å². The zero-order chi connectivity index (χ0) is 23.4. The van der Waals surface area contributed by atoms with Gasteiger partial charge in [-0.1, -0.05) is 49.7 Å². The van der Waals surface area contributed by atoms with Crippen LogP contribution in [-0.4, -0.2) is 20.1 Å². The van der Waals surface area contributed by atoms with Gasteiger partial charge in [-0.2, -0.15) is 0 Å². The smallest absolute Gasteiger partial charge is 0.228 e. The maximum Gasteiger partial charge on any atom is 0.228 e. The van der Waals surface area contributed by atoms with E-state index in [-0.39, 0.29) is 11.1 Å². The van der Waals surface area contributed by atoms with Crippen LogP contribution in [0.15, 0.2) is 54.6 Å². The lowest BCUT2D eigenvalue weighted by Crippen LogP contribution is -2.26. The molecule has 0 aromatic heterocycles. The van der Waals surface area contributed by atoms with Gasteiger partial charge in [-0.15, -0.1) is 0 Å². The van der Waals surface area contributed by atoms with E-state index in [0.717, 1.165) is 36.1 Å². The van der Waals surface area contributed by atoms with Gasteiger partial charge in [0.15, 0.2) is 23.7 Å². The third kappa shape index (κ3) is 5.20. The Bertz CT molecular complexity index is 1070. The number of benzene rings is 3. The summed E-state index contributed by atoms with van der Waals surface area (Å²) in [6, 6.07) is 13.7. The fraction of sp³-hybridized carbons (Fsp3) is 0.308. The molecule has 0 atom stereocenters. The number of hydrogen-bond donors (Lipinski definition) is 0. The van der Waals surface area contributed by atoms with Crippen molar-refractivity contribution < 1.29 is 31.8 Å². The molecule has 0 amide bonds. The fourth-order valence-electron chi connectivity index (χ4n) is 3.98. The Hall–Kier alpha value is -2.90.